The van der Waals surface area contributed by atoms with E-state index in [9.17, 15) is 4.79 Å². The largest absolute Gasteiger partial charge is 0.381 e. The monoisotopic (exact) mass is 379 g/mol. The Morgan fingerprint density at radius 2 is 2.08 bits per heavy atom. The number of unbranched alkanes of at least 4 members (excludes halogenated alkanes) is 2. The number of nitrogen functional groups attached to an aromatic ring is 1. The Labute approximate surface area is 156 Å². The van der Waals surface area contributed by atoms with E-state index in [2.05, 4.69) is 15.5 Å². The normalized spacial score (nSPS) is 10.4. The number of nitriles is 1. The quantitative estimate of drug-likeness (QED) is 0.611. The predicted molar refractivity (Wildman–Crippen MR) is 98.4 cm³/mol. The molecular formula is C17H19Cl2N5O. The number of aromatic nitrogens is 2. The molecule has 2 rings (SSSR count). The fraction of sp³-hybridized carbons (Fsp3) is 0.353. The first-order chi connectivity index (χ1) is 12.0. The smallest absolute Gasteiger partial charge is 0.224 e. The molecule has 0 aliphatic heterocycles. The van der Waals surface area contributed by atoms with Crippen molar-refractivity contribution in [3.05, 3.63) is 45.1 Å². The first-order valence-corrected chi connectivity index (χ1v) is 8.70. The summed E-state index contributed by atoms with van der Waals surface area (Å²) in [6, 6.07) is 7.22. The van der Waals surface area contributed by atoms with Crippen LogP contribution in [0.2, 0.25) is 10.0 Å². The van der Waals surface area contributed by atoms with Crippen LogP contribution in [0.15, 0.2) is 18.2 Å². The summed E-state index contributed by atoms with van der Waals surface area (Å²) < 4.78 is 0. The van der Waals surface area contributed by atoms with Gasteiger partial charge in [-0.1, -0.05) is 35.7 Å². The molecule has 1 amide bonds. The Bertz CT molecular complexity index is 782. The number of nitrogens with two attached hydrogens (primary N) is 1. The van der Waals surface area contributed by atoms with Gasteiger partial charge in [0.05, 0.1) is 22.2 Å². The van der Waals surface area contributed by atoms with Crippen LogP contribution < -0.4 is 11.1 Å². The van der Waals surface area contributed by atoms with Gasteiger partial charge in [0.2, 0.25) is 5.91 Å². The van der Waals surface area contributed by atoms with Gasteiger partial charge >= 0.3 is 0 Å². The molecule has 0 unspecified atom stereocenters. The highest BCUT2D eigenvalue weighted by Crippen LogP contribution is 2.22. The van der Waals surface area contributed by atoms with Gasteiger partial charge in [-0.25, -0.2) is 0 Å². The third-order valence-electron chi connectivity index (χ3n) is 3.76. The first-order valence-electron chi connectivity index (χ1n) is 7.94. The molecule has 0 radical (unpaired) electrons. The van der Waals surface area contributed by atoms with E-state index in [4.69, 9.17) is 34.2 Å². The van der Waals surface area contributed by atoms with Crippen molar-refractivity contribution in [1.29, 1.82) is 5.26 Å². The summed E-state index contributed by atoms with van der Waals surface area (Å²) in [5, 5.41) is 19.4. The molecule has 25 heavy (non-hydrogen) atoms. The average molecular weight is 380 g/mol. The molecule has 0 spiro atoms. The summed E-state index contributed by atoms with van der Waals surface area (Å²) in [6.07, 6.45) is 3.66. The number of nitrogens with one attached hydrogen (secondary N) is 2. The molecule has 2 aromatic rings. The van der Waals surface area contributed by atoms with Gasteiger partial charge in [0.1, 0.15) is 11.6 Å². The van der Waals surface area contributed by atoms with Crippen LogP contribution in [0.1, 0.15) is 36.1 Å². The van der Waals surface area contributed by atoms with Crippen LogP contribution >= 0.6 is 23.2 Å². The van der Waals surface area contributed by atoms with Crippen molar-refractivity contribution in [1.82, 2.24) is 15.5 Å². The Hall–Kier alpha value is -2.23. The van der Waals surface area contributed by atoms with E-state index in [1.165, 1.54) is 0 Å². The van der Waals surface area contributed by atoms with Crippen LogP contribution in [-0.2, 0) is 17.6 Å². The number of aryl methyl sites for hydroxylation is 1. The topological polar surface area (TPSA) is 108 Å². The number of aromatic amines is 1. The second-order valence-electron chi connectivity index (χ2n) is 5.66. The number of hydrogen-bond acceptors (Lipinski definition) is 4. The highest BCUT2D eigenvalue weighted by atomic mass is 35.5. The summed E-state index contributed by atoms with van der Waals surface area (Å²) in [5.74, 6) is 0.193. The molecule has 0 aliphatic carbocycles. The van der Waals surface area contributed by atoms with E-state index in [1.807, 2.05) is 6.07 Å². The maximum absolute atomic E-state index is 11.9. The van der Waals surface area contributed by atoms with Gasteiger partial charge in [0.25, 0.3) is 0 Å². The van der Waals surface area contributed by atoms with Crippen molar-refractivity contribution in [3.63, 3.8) is 0 Å². The van der Waals surface area contributed by atoms with Crippen molar-refractivity contribution < 1.29 is 4.79 Å². The van der Waals surface area contributed by atoms with E-state index in [-0.39, 0.29) is 18.1 Å². The number of nitrogens with zero attached hydrogens (tertiary/aromatic N) is 2. The van der Waals surface area contributed by atoms with Crippen LogP contribution in [0, 0.1) is 11.3 Å². The van der Waals surface area contributed by atoms with E-state index >= 15 is 0 Å². The minimum atomic E-state index is -0.0495. The molecule has 0 aliphatic rings. The van der Waals surface area contributed by atoms with E-state index in [1.54, 1.807) is 18.2 Å². The fourth-order valence-electron chi connectivity index (χ4n) is 2.43. The van der Waals surface area contributed by atoms with Crippen LogP contribution in [0.4, 0.5) is 5.82 Å². The zero-order chi connectivity index (χ0) is 18.2. The third kappa shape index (κ3) is 5.66. The SMILES string of the molecule is N#Cc1c(N)n[nH]c1CCCCCNC(=O)Cc1ccc(Cl)c(Cl)c1. The molecular weight excluding hydrogens is 361 g/mol. The van der Waals surface area contributed by atoms with E-state index in [0.717, 1.165) is 30.5 Å². The maximum Gasteiger partial charge on any atom is 0.224 e. The minimum Gasteiger partial charge on any atom is -0.381 e. The highest BCUT2D eigenvalue weighted by Gasteiger charge is 2.09. The third-order valence-corrected chi connectivity index (χ3v) is 4.49. The number of carbonyl (C=O) groups excluding carboxylic acids is 1. The summed E-state index contributed by atoms with van der Waals surface area (Å²) in [5.41, 5.74) is 7.61. The Balaban J connectivity index is 1.63. The van der Waals surface area contributed by atoms with Crippen molar-refractivity contribution in [2.75, 3.05) is 12.3 Å². The molecule has 0 fully saturated rings. The Morgan fingerprint density at radius 3 is 2.80 bits per heavy atom. The molecule has 0 saturated carbocycles. The van der Waals surface area contributed by atoms with Gasteiger partial charge in [0, 0.05) is 6.54 Å². The molecule has 1 aromatic carbocycles. The predicted octanol–water partition coefficient (Wildman–Crippen LogP) is 3.24. The summed E-state index contributed by atoms with van der Waals surface area (Å²) >= 11 is 11.8. The number of benzene rings is 1. The second-order valence-corrected chi connectivity index (χ2v) is 6.47. The van der Waals surface area contributed by atoms with Crippen molar-refractivity contribution in [2.45, 2.75) is 32.1 Å². The van der Waals surface area contributed by atoms with E-state index in [0.29, 0.717) is 28.6 Å². The zero-order valence-corrected chi connectivity index (χ0v) is 15.1. The minimum absolute atomic E-state index is 0.0495. The molecule has 0 bridgehead atoms. The lowest BCUT2D eigenvalue weighted by Gasteiger charge is -2.06. The highest BCUT2D eigenvalue weighted by molar-refractivity contribution is 6.42. The molecule has 0 atom stereocenters. The van der Waals surface area contributed by atoms with Gasteiger partial charge in [-0.3, -0.25) is 9.89 Å². The van der Waals surface area contributed by atoms with Gasteiger partial charge in [-0.2, -0.15) is 10.4 Å². The van der Waals surface area contributed by atoms with Gasteiger partial charge in [-0.05, 0) is 37.0 Å². The number of carbonyl (C=O) groups is 1. The molecule has 132 valence electrons. The van der Waals surface area contributed by atoms with Crippen LogP contribution in [0.5, 0.6) is 0 Å². The Morgan fingerprint density at radius 1 is 1.28 bits per heavy atom. The van der Waals surface area contributed by atoms with Crippen LogP contribution in [0.3, 0.4) is 0 Å². The average Bonchev–Trinajstić information content (AvgIpc) is 2.94. The molecule has 0 saturated heterocycles. The number of anilines is 1. The number of rotatable bonds is 8. The standard InChI is InChI=1S/C17H19Cl2N5O/c18-13-6-5-11(8-14(13)19)9-16(25)22-7-3-1-2-4-15-12(10-20)17(21)24-23-15/h5-6,8H,1-4,7,9H2,(H,22,25)(H3,21,23,24). The number of amides is 1. The number of hydrogen-bond donors (Lipinski definition) is 3. The lowest BCUT2D eigenvalue weighted by molar-refractivity contribution is -0.120. The summed E-state index contributed by atoms with van der Waals surface area (Å²) in [7, 11) is 0. The van der Waals surface area contributed by atoms with Crippen LogP contribution in [0.25, 0.3) is 0 Å². The Kier molecular flexibility index (Phi) is 7.11. The lowest BCUT2D eigenvalue weighted by Crippen LogP contribution is -2.26. The zero-order valence-electron chi connectivity index (χ0n) is 13.6. The van der Waals surface area contributed by atoms with Gasteiger partial charge in [-0.15, -0.1) is 0 Å². The van der Waals surface area contributed by atoms with Crippen molar-refractivity contribution in [3.8, 4) is 6.07 Å². The first kappa shape index (κ1) is 19.1. The maximum atomic E-state index is 11.9. The van der Waals surface area contributed by atoms with E-state index < -0.39 is 0 Å². The van der Waals surface area contributed by atoms with Gasteiger partial charge < -0.3 is 11.1 Å². The summed E-state index contributed by atoms with van der Waals surface area (Å²) in [4.78, 5) is 11.9. The van der Waals surface area contributed by atoms with Crippen LogP contribution in [-0.4, -0.2) is 22.6 Å². The molecule has 6 nitrogen and oxygen atoms in total. The summed E-state index contributed by atoms with van der Waals surface area (Å²) in [6.45, 7) is 0.608. The fourth-order valence-corrected chi connectivity index (χ4v) is 2.75. The molecule has 4 N–H and O–H groups in total. The van der Waals surface area contributed by atoms with Crippen molar-refractivity contribution >= 4 is 34.9 Å². The number of H-pyrrole nitrogens is 1. The lowest BCUT2D eigenvalue weighted by atomic mass is 10.1. The molecule has 8 heteroatoms. The molecule has 1 heterocycles. The van der Waals surface area contributed by atoms with Crippen molar-refractivity contribution in [2.24, 2.45) is 0 Å². The second kappa shape index (κ2) is 9.30. The number of halogens is 2. The van der Waals surface area contributed by atoms with Gasteiger partial charge in [0.15, 0.2) is 5.82 Å². The molecule has 1 aromatic heterocycles.